The van der Waals surface area contributed by atoms with Crippen molar-refractivity contribution in [2.75, 3.05) is 13.1 Å². The van der Waals surface area contributed by atoms with Crippen LogP contribution in [-0.4, -0.2) is 37.8 Å². The number of pyridine rings is 2. The first-order valence-corrected chi connectivity index (χ1v) is 10.7. The average molecular weight is 408 g/mol. The molecule has 1 saturated heterocycles. The number of nitrogens with zero attached hydrogens (tertiary/aromatic N) is 4. The molecule has 3 aromatic rings. The molecule has 0 saturated carbocycles. The predicted molar refractivity (Wildman–Crippen MR) is 117 cm³/mol. The van der Waals surface area contributed by atoms with Crippen LogP contribution in [0, 0.1) is 24.2 Å². The Kier molecular flexibility index (Phi) is 5.22. The van der Waals surface area contributed by atoms with E-state index >= 15 is 0 Å². The number of hydrogen-bond acceptors (Lipinski definition) is 4. The van der Waals surface area contributed by atoms with Crippen LogP contribution in [0.4, 0.5) is 0 Å². The van der Waals surface area contributed by atoms with E-state index in [4.69, 9.17) is 10.4 Å². The van der Waals surface area contributed by atoms with Gasteiger partial charge in [-0.15, -0.1) is 0 Å². The quantitative estimate of drug-likeness (QED) is 0.678. The fourth-order valence-electron chi connectivity index (χ4n) is 4.70. The number of rotatable bonds is 3. The highest BCUT2D eigenvalue weighted by atomic mass is 16.2. The van der Waals surface area contributed by atoms with Crippen LogP contribution in [0.1, 0.15) is 49.5 Å². The van der Waals surface area contributed by atoms with Crippen molar-refractivity contribution in [3.05, 3.63) is 51.4 Å². The van der Waals surface area contributed by atoms with E-state index in [0.717, 1.165) is 18.4 Å². The zero-order valence-corrected chi connectivity index (χ0v) is 18.1. The summed E-state index contributed by atoms with van der Waals surface area (Å²) in [5.74, 6) is 0.683. The molecule has 158 valence electrons. The van der Waals surface area contributed by atoms with Crippen molar-refractivity contribution in [1.29, 1.82) is 5.41 Å². The molecule has 0 aromatic carbocycles. The Morgan fingerprint density at radius 1 is 1.23 bits per heavy atom. The average Bonchev–Trinajstić information content (AvgIpc) is 2.70. The lowest BCUT2D eigenvalue weighted by atomic mass is 9.91. The maximum Gasteiger partial charge on any atom is 0.267 e. The molecular weight excluding hydrogens is 378 g/mol. The van der Waals surface area contributed by atoms with Gasteiger partial charge in [0.15, 0.2) is 0 Å². The number of fused-ring (bicyclic) bond motifs is 2. The van der Waals surface area contributed by atoms with Gasteiger partial charge < -0.3 is 9.47 Å². The smallest absolute Gasteiger partial charge is 0.267 e. The van der Waals surface area contributed by atoms with Crippen LogP contribution in [0.25, 0.3) is 16.7 Å². The molecule has 1 fully saturated rings. The minimum atomic E-state index is -0.210. The van der Waals surface area contributed by atoms with Gasteiger partial charge in [-0.1, -0.05) is 26.8 Å². The summed E-state index contributed by atoms with van der Waals surface area (Å²) in [5.41, 5.74) is 2.14. The lowest BCUT2D eigenvalue weighted by molar-refractivity contribution is 0.0620. The molecule has 30 heavy (non-hydrogen) atoms. The molecule has 1 N–H and O–H groups in total. The van der Waals surface area contributed by atoms with Crippen LogP contribution in [0.15, 0.2) is 29.2 Å². The zero-order chi connectivity index (χ0) is 21.6. The molecule has 7 heteroatoms. The molecule has 2 unspecified atom stereocenters. The second-order valence-corrected chi connectivity index (χ2v) is 8.75. The van der Waals surface area contributed by atoms with Gasteiger partial charge in [-0.25, -0.2) is 4.98 Å². The number of likely N-dealkylation sites (tertiary alicyclic amines) is 1. The standard InChI is InChI=1S/C23H29N5O2/c1-5-8-27-19(24)17(22(29)26-12-14(2)10-15(3)13-26)11-18-21(27)25-20-16(4)7-6-9-28(20)23(18)30/h6-7,9,11,14-15,24H,5,8,10,12-13H2,1-4H3. The minimum absolute atomic E-state index is 0.130. The first kappa shape index (κ1) is 20.3. The van der Waals surface area contributed by atoms with Crippen LogP contribution in [0.3, 0.4) is 0 Å². The fourth-order valence-corrected chi connectivity index (χ4v) is 4.70. The predicted octanol–water partition coefficient (Wildman–Crippen LogP) is 2.97. The summed E-state index contributed by atoms with van der Waals surface area (Å²) in [4.78, 5) is 33.3. The van der Waals surface area contributed by atoms with Crippen LogP contribution < -0.4 is 11.0 Å². The van der Waals surface area contributed by atoms with Gasteiger partial charge in [-0.2, -0.15) is 0 Å². The van der Waals surface area contributed by atoms with Crippen molar-refractivity contribution in [2.24, 2.45) is 11.8 Å². The highest BCUT2D eigenvalue weighted by Gasteiger charge is 2.28. The zero-order valence-electron chi connectivity index (χ0n) is 18.1. The van der Waals surface area contributed by atoms with E-state index in [1.54, 1.807) is 16.8 Å². The molecule has 1 amide bonds. The number of piperidine rings is 1. The van der Waals surface area contributed by atoms with Crippen LogP contribution in [0.2, 0.25) is 0 Å². The topological polar surface area (TPSA) is 83.5 Å². The number of hydrogen-bond donors (Lipinski definition) is 1. The number of aryl methyl sites for hydroxylation is 2. The van der Waals surface area contributed by atoms with E-state index in [1.165, 1.54) is 4.40 Å². The molecule has 0 radical (unpaired) electrons. The van der Waals surface area contributed by atoms with Crippen molar-refractivity contribution in [1.82, 2.24) is 18.9 Å². The Balaban J connectivity index is 1.97. The van der Waals surface area contributed by atoms with Gasteiger partial charge in [-0.3, -0.25) is 19.4 Å². The van der Waals surface area contributed by atoms with E-state index < -0.39 is 0 Å². The molecule has 3 aromatic heterocycles. The molecule has 2 atom stereocenters. The van der Waals surface area contributed by atoms with E-state index in [1.807, 2.05) is 30.9 Å². The molecule has 4 rings (SSSR count). The van der Waals surface area contributed by atoms with E-state index in [2.05, 4.69) is 13.8 Å². The lowest BCUT2D eigenvalue weighted by Crippen LogP contribution is -2.45. The molecule has 1 aliphatic rings. The highest BCUT2D eigenvalue weighted by molar-refractivity contribution is 5.97. The number of nitrogens with one attached hydrogen (secondary N) is 1. The normalized spacial score (nSPS) is 19.5. The second kappa shape index (κ2) is 7.70. The third-order valence-electron chi connectivity index (χ3n) is 5.97. The maximum atomic E-state index is 13.4. The number of carbonyl (C=O) groups excluding carboxylic acids is 1. The summed E-state index contributed by atoms with van der Waals surface area (Å²) in [6.45, 7) is 10.1. The second-order valence-electron chi connectivity index (χ2n) is 8.75. The van der Waals surface area contributed by atoms with Gasteiger partial charge in [0, 0.05) is 25.8 Å². The van der Waals surface area contributed by atoms with Gasteiger partial charge in [0.05, 0.1) is 10.9 Å². The number of aromatic nitrogens is 3. The van der Waals surface area contributed by atoms with Gasteiger partial charge >= 0.3 is 0 Å². The summed E-state index contributed by atoms with van der Waals surface area (Å²) in [7, 11) is 0. The molecular formula is C23H29N5O2. The summed E-state index contributed by atoms with van der Waals surface area (Å²) in [5, 5.41) is 9.16. The van der Waals surface area contributed by atoms with Crippen molar-refractivity contribution < 1.29 is 4.79 Å². The molecule has 1 aliphatic heterocycles. The van der Waals surface area contributed by atoms with E-state index in [9.17, 15) is 9.59 Å². The van der Waals surface area contributed by atoms with Crippen molar-refractivity contribution in [2.45, 2.75) is 47.1 Å². The van der Waals surface area contributed by atoms with Gasteiger partial charge in [0.25, 0.3) is 11.5 Å². The SMILES string of the molecule is CCCn1c(=N)c(C(=O)N2CC(C)CC(C)C2)cc2c(=O)n3cccc(C)c3nc21. The van der Waals surface area contributed by atoms with Crippen molar-refractivity contribution >= 4 is 22.6 Å². The highest BCUT2D eigenvalue weighted by Crippen LogP contribution is 2.22. The minimum Gasteiger partial charge on any atom is -0.338 e. The Morgan fingerprint density at radius 2 is 1.93 bits per heavy atom. The molecule has 0 spiro atoms. The third-order valence-corrected chi connectivity index (χ3v) is 5.97. The van der Waals surface area contributed by atoms with E-state index in [0.29, 0.717) is 48.2 Å². The fraction of sp³-hybridized carbons (Fsp3) is 0.478. The Morgan fingerprint density at radius 3 is 2.60 bits per heavy atom. The van der Waals surface area contributed by atoms with E-state index in [-0.39, 0.29) is 22.5 Å². The maximum absolute atomic E-state index is 13.4. The van der Waals surface area contributed by atoms with Crippen LogP contribution >= 0.6 is 0 Å². The molecule has 4 heterocycles. The van der Waals surface area contributed by atoms with Gasteiger partial charge in [0.1, 0.15) is 16.8 Å². The van der Waals surface area contributed by atoms with Crippen LogP contribution in [-0.2, 0) is 6.54 Å². The Hall–Kier alpha value is -2.96. The summed E-state index contributed by atoms with van der Waals surface area (Å²) in [6, 6.07) is 5.31. The van der Waals surface area contributed by atoms with Crippen molar-refractivity contribution in [3.63, 3.8) is 0 Å². The molecule has 0 aliphatic carbocycles. The number of amides is 1. The van der Waals surface area contributed by atoms with Crippen LogP contribution in [0.5, 0.6) is 0 Å². The largest absolute Gasteiger partial charge is 0.338 e. The summed E-state index contributed by atoms with van der Waals surface area (Å²) in [6.07, 6.45) is 3.57. The number of carbonyl (C=O) groups is 1. The van der Waals surface area contributed by atoms with Gasteiger partial charge in [-0.05, 0) is 49.3 Å². The lowest BCUT2D eigenvalue weighted by Gasteiger charge is -2.35. The summed E-state index contributed by atoms with van der Waals surface area (Å²) < 4.78 is 3.24. The third kappa shape index (κ3) is 3.32. The first-order valence-electron chi connectivity index (χ1n) is 10.7. The molecule has 0 bridgehead atoms. The monoisotopic (exact) mass is 407 g/mol. The Labute approximate surface area is 175 Å². The molecule has 7 nitrogen and oxygen atoms in total. The summed E-state index contributed by atoms with van der Waals surface area (Å²) >= 11 is 0. The first-order chi connectivity index (χ1) is 14.3. The Bertz CT molecular complexity index is 1250. The van der Waals surface area contributed by atoms with Gasteiger partial charge in [0.2, 0.25) is 0 Å². The van der Waals surface area contributed by atoms with Crippen molar-refractivity contribution in [3.8, 4) is 0 Å².